The van der Waals surface area contributed by atoms with E-state index in [9.17, 15) is 19.1 Å². The Morgan fingerprint density at radius 2 is 1.88 bits per heavy atom. The van der Waals surface area contributed by atoms with E-state index in [1.165, 1.54) is 30.2 Å². The van der Waals surface area contributed by atoms with E-state index >= 15 is 0 Å². The highest BCUT2D eigenvalue weighted by Gasteiger charge is 2.48. The third-order valence-corrected chi connectivity index (χ3v) is 7.91. The fourth-order valence-corrected chi connectivity index (χ4v) is 5.79. The molecule has 1 atom stereocenters. The summed E-state index contributed by atoms with van der Waals surface area (Å²) in [6.45, 7) is 6.29. The summed E-state index contributed by atoms with van der Waals surface area (Å²) in [5.41, 5.74) is 3.05. The number of ketones is 1. The number of fused-ring (bicyclic) bond motifs is 1. The molecule has 0 bridgehead atoms. The maximum absolute atomic E-state index is 13.9. The molecule has 1 aliphatic heterocycles. The molecule has 4 aromatic rings. The molecule has 1 unspecified atom stereocenters. The number of carbonyl (C=O) groups excluding carboxylic acids is 2. The monoisotopic (exact) mass is 560 g/mol. The molecule has 0 saturated carbocycles. The summed E-state index contributed by atoms with van der Waals surface area (Å²) in [6.07, 6.45) is 1.85. The van der Waals surface area contributed by atoms with Gasteiger partial charge in [-0.15, -0.1) is 0 Å². The van der Waals surface area contributed by atoms with Crippen molar-refractivity contribution in [2.45, 2.75) is 39.7 Å². The maximum atomic E-state index is 13.9. The molecule has 1 amide bonds. The van der Waals surface area contributed by atoms with Crippen LogP contribution in [0.15, 0.2) is 60.2 Å². The lowest BCUT2D eigenvalue weighted by Gasteiger charge is -2.24. The van der Waals surface area contributed by atoms with E-state index in [0.717, 1.165) is 35.3 Å². The van der Waals surface area contributed by atoms with Gasteiger partial charge in [0.15, 0.2) is 16.6 Å². The average molecular weight is 561 g/mol. The van der Waals surface area contributed by atoms with E-state index in [2.05, 4.69) is 11.9 Å². The number of nitrogens with zero attached hydrogens (tertiary/aromatic N) is 2. The highest BCUT2D eigenvalue weighted by Crippen LogP contribution is 2.46. The fourth-order valence-electron chi connectivity index (χ4n) is 4.77. The zero-order valence-corrected chi connectivity index (χ0v) is 23.5. The Hall–Kier alpha value is -4.24. The van der Waals surface area contributed by atoms with Gasteiger partial charge in [-0.25, -0.2) is 9.37 Å². The normalized spacial score (nSPS) is 16.6. The molecule has 0 spiro atoms. The summed E-state index contributed by atoms with van der Waals surface area (Å²) in [5.74, 6) is -1.42. The first-order chi connectivity index (χ1) is 19.2. The molecule has 5 rings (SSSR count). The van der Waals surface area contributed by atoms with E-state index in [0.29, 0.717) is 39.4 Å². The molecule has 9 heteroatoms. The van der Waals surface area contributed by atoms with Gasteiger partial charge in [0.05, 0.1) is 35.5 Å². The van der Waals surface area contributed by atoms with Crippen LogP contribution in [-0.2, 0) is 9.59 Å². The van der Waals surface area contributed by atoms with Crippen LogP contribution in [0.2, 0.25) is 0 Å². The van der Waals surface area contributed by atoms with Gasteiger partial charge in [-0.3, -0.25) is 14.5 Å². The van der Waals surface area contributed by atoms with E-state index in [1.807, 2.05) is 26.0 Å². The van der Waals surface area contributed by atoms with Crippen molar-refractivity contribution in [3.63, 3.8) is 0 Å². The molecule has 1 fully saturated rings. The van der Waals surface area contributed by atoms with Crippen LogP contribution in [0.3, 0.4) is 0 Å². The van der Waals surface area contributed by atoms with Gasteiger partial charge in [-0.2, -0.15) is 0 Å². The number of aryl methyl sites for hydroxylation is 2. The summed E-state index contributed by atoms with van der Waals surface area (Å²) >= 11 is 1.10. The summed E-state index contributed by atoms with van der Waals surface area (Å²) in [4.78, 5) is 33.0. The maximum Gasteiger partial charge on any atom is 0.301 e. The van der Waals surface area contributed by atoms with Crippen molar-refractivity contribution >= 4 is 44.1 Å². The molecule has 1 aliphatic rings. The predicted molar refractivity (Wildman–Crippen MR) is 154 cm³/mol. The van der Waals surface area contributed by atoms with E-state index in [-0.39, 0.29) is 16.5 Å². The lowest BCUT2D eigenvalue weighted by Crippen LogP contribution is -2.29. The number of methoxy groups -OCH3 is 1. The van der Waals surface area contributed by atoms with E-state index in [4.69, 9.17) is 9.47 Å². The van der Waals surface area contributed by atoms with Crippen LogP contribution in [-0.4, -0.2) is 35.5 Å². The average Bonchev–Trinajstić information content (AvgIpc) is 3.47. The highest BCUT2D eigenvalue weighted by molar-refractivity contribution is 7.22. The molecular formula is C31H29FN2O5S. The van der Waals surface area contributed by atoms with Crippen molar-refractivity contribution in [1.29, 1.82) is 0 Å². The number of Topliss-reactive ketones (excluding diaryl/α,β-unsaturated/α-hetero) is 1. The Balaban J connectivity index is 1.71. The van der Waals surface area contributed by atoms with Crippen LogP contribution in [0.1, 0.15) is 48.1 Å². The number of halogens is 1. The minimum atomic E-state index is -1.01. The van der Waals surface area contributed by atoms with E-state index in [1.54, 1.807) is 24.3 Å². The molecule has 1 aromatic heterocycles. The largest absolute Gasteiger partial charge is 0.507 e. The molecule has 7 nitrogen and oxygen atoms in total. The third-order valence-electron chi connectivity index (χ3n) is 6.90. The van der Waals surface area contributed by atoms with Gasteiger partial charge >= 0.3 is 5.91 Å². The summed E-state index contributed by atoms with van der Waals surface area (Å²) in [6, 6.07) is 13.9. The lowest BCUT2D eigenvalue weighted by atomic mass is 9.93. The van der Waals surface area contributed by atoms with Crippen LogP contribution in [0, 0.1) is 19.7 Å². The lowest BCUT2D eigenvalue weighted by molar-refractivity contribution is -0.132. The van der Waals surface area contributed by atoms with Gasteiger partial charge in [-0.1, -0.05) is 48.4 Å². The number of amides is 1. The minimum absolute atomic E-state index is 0.0640. The first kappa shape index (κ1) is 27.3. The number of aliphatic hydroxyl groups excluding tert-OH is 1. The zero-order chi connectivity index (χ0) is 28.6. The Morgan fingerprint density at radius 3 is 2.62 bits per heavy atom. The molecule has 2 heterocycles. The topological polar surface area (TPSA) is 89.0 Å². The Morgan fingerprint density at radius 1 is 1.07 bits per heavy atom. The minimum Gasteiger partial charge on any atom is -0.507 e. The Bertz CT molecular complexity index is 1660. The number of unbranched alkanes of at least 4 members (excludes halogenated alkanes) is 1. The molecule has 206 valence electrons. The van der Waals surface area contributed by atoms with Gasteiger partial charge < -0.3 is 14.6 Å². The summed E-state index contributed by atoms with van der Waals surface area (Å²) < 4.78 is 26.0. The molecule has 3 aromatic carbocycles. The smallest absolute Gasteiger partial charge is 0.301 e. The number of aliphatic hydroxyl groups is 1. The second-order valence-corrected chi connectivity index (χ2v) is 10.7. The van der Waals surface area contributed by atoms with Crippen LogP contribution < -0.4 is 14.4 Å². The quantitative estimate of drug-likeness (QED) is 0.110. The number of anilines is 1. The number of carbonyl (C=O) groups is 2. The van der Waals surface area contributed by atoms with E-state index < -0.39 is 23.5 Å². The second-order valence-electron chi connectivity index (χ2n) is 9.71. The van der Waals surface area contributed by atoms with Crippen LogP contribution in [0.25, 0.3) is 16.0 Å². The number of benzene rings is 3. The number of thiazole rings is 1. The van der Waals surface area contributed by atoms with Crippen LogP contribution in [0.4, 0.5) is 9.52 Å². The predicted octanol–water partition coefficient (Wildman–Crippen LogP) is 6.87. The number of aromatic nitrogens is 1. The van der Waals surface area contributed by atoms with Crippen LogP contribution >= 0.6 is 11.3 Å². The van der Waals surface area contributed by atoms with Crippen LogP contribution in [0.5, 0.6) is 11.5 Å². The van der Waals surface area contributed by atoms with Gasteiger partial charge in [-0.05, 0) is 67.8 Å². The van der Waals surface area contributed by atoms with Crippen molar-refractivity contribution in [2.24, 2.45) is 0 Å². The van der Waals surface area contributed by atoms with Crippen molar-refractivity contribution in [1.82, 2.24) is 4.98 Å². The van der Waals surface area contributed by atoms with Gasteiger partial charge in [0, 0.05) is 5.56 Å². The number of ether oxygens (including phenoxy) is 2. The number of hydrogen-bond acceptors (Lipinski definition) is 7. The van der Waals surface area contributed by atoms with Gasteiger partial charge in [0.25, 0.3) is 5.78 Å². The molecule has 0 aliphatic carbocycles. The van der Waals surface area contributed by atoms with Crippen molar-refractivity contribution in [3.05, 3.63) is 88.2 Å². The van der Waals surface area contributed by atoms with Crippen molar-refractivity contribution < 1.29 is 28.6 Å². The number of rotatable bonds is 8. The third kappa shape index (κ3) is 4.93. The first-order valence-corrected chi connectivity index (χ1v) is 13.8. The molecule has 0 radical (unpaired) electrons. The number of hydrogen-bond donors (Lipinski definition) is 1. The standard InChI is InChI=1S/C31H29FN2O5S/c1-5-6-13-39-23-12-9-19(15-24(23)38-4)27-26(28(35)21-14-17(2)7-8-18(21)3)29(36)30(37)34(27)31-33-22-11-10-20(32)16-25(22)40-31/h7-12,14-16,27,35H,5-6,13H2,1-4H3/b28-26+. The first-order valence-electron chi connectivity index (χ1n) is 13.0. The van der Waals surface area contributed by atoms with Crippen molar-refractivity contribution in [2.75, 3.05) is 18.6 Å². The highest BCUT2D eigenvalue weighted by atomic mass is 32.1. The zero-order valence-electron chi connectivity index (χ0n) is 22.7. The second kappa shape index (κ2) is 11.1. The van der Waals surface area contributed by atoms with Crippen molar-refractivity contribution in [3.8, 4) is 11.5 Å². The molecule has 40 heavy (non-hydrogen) atoms. The summed E-state index contributed by atoms with van der Waals surface area (Å²) in [5, 5.41) is 11.8. The Kier molecular flexibility index (Phi) is 7.58. The van der Waals surface area contributed by atoms with Gasteiger partial charge in [0.2, 0.25) is 0 Å². The fraction of sp³-hybridized carbons (Fsp3) is 0.258. The SMILES string of the molecule is CCCCOc1ccc(C2/C(=C(\O)c3cc(C)ccc3C)C(=O)C(=O)N2c2nc3ccc(F)cc3s2)cc1OC. The Labute approximate surface area is 235 Å². The summed E-state index contributed by atoms with van der Waals surface area (Å²) in [7, 11) is 1.51. The molecule has 1 N–H and O–H groups in total. The van der Waals surface area contributed by atoms with Gasteiger partial charge in [0.1, 0.15) is 11.6 Å². The molecular weight excluding hydrogens is 531 g/mol. The molecule has 1 saturated heterocycles.